The van der Waals surface area contributed by atoms with Crippen LogP contribution in [0.2, 0.25) is 0 Å². The number of hydrogen-bond donors (Lipinski definition) is 2. The van der Waals surface area contributed by atoms with Crippen LogP contribution in [-0.2, 0) is 10.2 Å². The van der Waals surface area contributed by atoms with Gasteiger partial charge in [0.15, 0.2) is 5.65 Å². The highest BCUT2D eigenvalue weighted by Gasteiger charge is 2.29. The van der Waals surface area contributed by atoms with Gasteiger partial charge in [-0.2, -0.15) is 0 Å². The van der Waals surface area contributed by atoms with Gasteiger partial charge in [0.2, 0.25) is 0 Å². The molecule has 3 heterocycles. The van der Waals surface area contributed by atoms with Gasteiger partial charge in [-0.05, 0) is 69.2 Å². The molecule has 0 spiro atoms. The molecule has 0 fully saturated rings. The molecule has 0 unspecified atom stereocenters. The van der Waals surface area contributed by atoms with Gasteiger partial charge >= 0.3 is 5.97 Å². The maximum Gasteiger partial charge on any atom is 0.313 e. The Bertz CT molecular complexity index is 1280. The topological polar surface area (TPSA) is 101 Å². The third-order valence-corrected chi connectivity index (χ3v) is 5.33. The number of carboxylic acid groups (broad SMARTS) is 1. The summed E-state index contributed by atoms with van der Waals surface area (Å²) in [6.45, 7) is 7.20. The second-order valence-corrected chi connectivity index (χ2v) is 7.99. The van der Waals surface area contributed by atoms with Crippen LogP contribution in [0.5, 0.6) is 0 Å². The smallest absolute Gasteiger partial charge is 0.313 e. The van der Waals surface area contributed by atoms with Crippen LogP contribution in [0.25, 0.3) is 22.4 Å². The summed E-state index contributed by atoms with van der Waals surface area (Å²) < 4.78 is 0. The first-order chi connectivity index (χ1) is 14.8. The highest BCUT2D eigenvalue weighted by atomic mass is 16.4. The van der Waals surface area contributed by atoms with Crippen molar-refractivity contribution in [2.45, 2.75) is 33.1 Å². The number of rotatable bonds is 5. The average Bonchev–Trinajstić information content (AvgIpc) is 2.74. The van der Waals surface area contributed by atoms with Gasteiger partial charge in [-0.3, -0.25) is 9.78 Å². The Morgan fingerprint density at radius 1 is 0.968 bits per heavy atom. The number of nitrogens with one attached hydrogen (secondary N) is 1. The van der Waals surface area contributed by atoms with E-state index in [1.54, 1.807) is 20.0 Å². The van der Waals surface area contributed by atoms with Gasteiger partial charge in [-0.25, -0.2) is 15.0 Å². The SMILES string of the molecule is Cc1nc(Nc2ccc(C(C)(C)C(=O)O)cc2)c2ccc(-c3ncccc3C)nc2n1. The molecule has 0 aliphatic heterocycles. The molecule has 0 saturated heterocycles. The summed E-state index contributed by atoms with van der Waals surface area (Å²) in [5, 5.41) is 13.5. The van der Waals surface area contributed by atoms with Crippen molar-refractivity contribution in [2.24, 2.45) is 0 Å². The summed E-state index contributed by atoms with van der Waals surface area (Å²) in [7, 11) is 0. The van der Waals surface area contributed by atoms with Crippen LogP contribution >= 0.6 is 0 Å². The van der Waals surface area contributed by atoms with Crippen molar-refractivity contribution < 1.29 is 9.90 Å². The number of pyridine rings is 2. The molecule has 0 saturated carbocycles. The quantitative estimate of drug-likeness (QED) is 0.484. The number of hydrogen-bond acceptors (Lipinski definition) is 6. The predicted octanol–water partition coefficient (Wildman–Crippen LogP) is 4.81. The van der Waals surface area contributed by atoms with Gasteiger partial charge in [0.05, 0.1) is 22.2 Å². The van der Waals surface area contributed by atoms with Crippen LogP contribution in [0.15, 0.2) is 54.7 Å². The van der Waals surface area contributed by atoms with Crippen LogP contribution in [0.3, 0.4) is 0 Å². The van der Waals surface area contributed by atoms with Gasteiger partial charge in [0, 0.05) is 11.9 Å². The molecule has 4 aromatic rings. The zero-order valence-electron chi connectivity index (χ0n) is 17.8. The molecule has 1 aromatic carbocycles. The minimum atomic E-state index is -0.958. The first kappa shape index (κ1) is 20.4. The molecule has 0 bridgehead atoms. The molecule has 2 N–H and O–H groups in total. The largest absolute Gasteiger partial charge is 0.481 e. The molecule has 7 nitrogen and oxygen atoms in total. The normalized spacial score (nSPS) is 11.5. The minimum Gasteiger partial charge on any atom is -0.481 e. The number of aryl methyl sites for hydroxylation is 2. The minimum absolute atomic E-state index is 0.584. The fraction of sp³-hybridized carbons (Fsp3) is 0.208. The first-order valence-corrected chi connectivity index (χ1v) is 9.94. The Morgan fingerprint density at radius 2 is 1.71 bits per heavy atom. The number of nitrogens with zero attached hydrogens (tertiary/aromatic N) is 4. The molecule has 0 amide bonds. The lowest BCUT2D eigenvalue weighted by Crippen LogP contribution is -2.28. The van der Waals surface area contributed by atoms with Crippen LogP contribution in [0.4, 0.5) is 11.5 Å². The van der Waals surface area contributed by atoms with Crippen molar-refractivity contribution in [1.82, 2.24) is 19.9 Å². The lowest BCUT2D eigenvalue weighted by molar-refractivity contribution is -0.142. The number of anilines is 2. The molecule has 0 radical (unpaired) electrons. The summed E-state index contributed by atoms with van der Waals surface area (Å²) >= 11 is 0. The lowest BCUT2D eigenvalue weighted by Gasteiger charge is -2.20. The standard InChI is InChI=1S/C24H23N5O2/c1-14-6-5-13-25-20(14)19-12-11-18-21(26-15(2)27-22(18)29-19)28-17-9-7-16(8-10-17)24(3,4)23(30)31/h5-13H,1-4H3,(H,30,31)(H,26,27,28,29). The van der Waals surface area contributed by atoms with Crippen molar-refractivity contribution in [3.63, 3.8) is 0 Å². The van der Waals surface area contributed by atoms with E-state index in [4.69, 9.17) is 4.98 Å². The van der Waals surface area contributed by atoms with Crippen molar-refractivity contribution in [3.05, 3.63) is 71.7 Å². The Balaban J connectivity index is 1.70. The second kappa shape index (κ2) is 7.75. The zero-order chi connectivity index (χ0) is 22.2. The average molecular weight is 413 g/mol. The Kier molecular flexibility index (Phi) is 5.10. The third-order valence-electron chi connectivity index (χ3n) is 5.33. The van der Waals surface area contributed by atoms with Crippen LogP contribution < -0.4 is 5.32 Å². The fourth-order valence-electron chi connectivity index (χ4n) is 3.33. The molecule has 0 aliphatic carbocycles. The van der Waals surface area contributed by atoms with E-state index in [9.17, 15) is 9.90 Å². The number of carboxylic acids is 1. The van der Waals surface area contributed by atoms with Crippen molar-refractivity contribution >= 4 is 28.5 Å². The van der Waals surface area contributed by atoms with Gasteiger partial charge in [0.1, 0.15) is 11.6 Å². The molecule has 4 rings (SSSR count). The maximum absolute atomic E-state index is 11.5. The summed E-state index contributed by atoms with van der Waals surface area (Å²) in [5.74, 6) is 0.376. The molecule has 0 atom stereocenters. The van der Waals surface area contributed by atoms with E-state index < -0.39 is 11.4 Å². The van der Waals surface area contributed by atoms with E-state index in [0.717, 1.165) is 33.6 Å². The van der Waals surface area contributed by atoms with E-state index in [1.165, 1.54) is 0 Å². The number of carbonyl (C=O) groups is 1. The third kappa shape index (κ3) is 3.94. The Morgan fingerprint density at radius 3 is 2.39 bits per heavy atom. The van der Waals surface area contributed by atoms with Crippen molar-refractivity contribution in [3.8, 4) is 11.4 Å². The van der Waals surface area contributed by atoms with Gasteiger partial charge in [0.25, 0.3) is 0 Å². The van der Waals surface area contributed by atoms with Crippen LogP contribution in [0.1, 0.15) is 30.8 Å². The maximum atomic E-state index is 11.5. The number of fused-ring (bicyclic) bond motifs is 1. The summed E-state index contributed by atoms with van der Waals surface area (Å²) in [4.78, 5) is 29.7. The molecule has 156 valence electrons. The molecule has 3 aromatic heterocycles. The molecule has 7 heteroatoms. The van der Waals surface area contributed by atoms with E-state index in [-0.39, 0.29) is 0 Å². The number of benzene rings is 1. The summed E-state index contributed by atoms with van der Waals surface area (Å²) in [5.41, 5.74) is 3.78. The zero-order valence-corrected chi connectivity index (χ0v) is 17.8. The predicted molar refractivity (Wildman–Crippen MR) is 120 cm³/mol. The van der Waals surface area contributed by atoms with E-state index in [1.807, 2.05) is 62.4 Å². The van der Waals surface area contributed by atoms with Crippen molar-refractivity contribution in [2.75, 3.05) is 5.32 Å². The second-order valence-electron chi connectivity index (χ2n) is 7.99. The first-order valence-electron chi connectivity index (χ1n) is 9.94. The number of aliphatic carboxylic acids is 1. The van der Waals surface area contributed by atoms with Gasteiger partial charge < -0.3 is 10.4 Å². The van der Waals surface area contributed by atoms with Gasteiger partial charge in [-0.1, -0.05) is 18.2 Å². The van der Waals surface area contributed by atoms with E-state index >= 15 is 0 Å². The Hall–Kier alpha value is -3.87. The van der Waals surface area contributed by atoms with Crippen LogP contribution in [0, 0.1) is 13.8 Å². The van der Waals surface area contributed by atoms with Crippen LogP contribution in [-0.4, -0.2) is 31.0 Å². The highest BCUT2D eigenvalue weighted by molar-refractivity contribution is 5.90. The molecular weight excluding hydrogens is 390 g/mol. The van der Waals surface area contributed by atoms with E-state index in [0.29, 0.717) is 17.3 Å². The molecule has 0 aliphatic rings. The van der Waals surface area contributed by atoms with E-state index in [2.05, 4.69) is 20.3 Å². The lowest BCUT2D eigenvalue weighted by atomic mass is 9.85. The summed E-state index contributed by atoms with van der Waals surface area (Å²) in [6.07, 6.45) is 1.75. The number of aromatic nitrogens is 4. The van der Waals surface area contributed by atoms with Crippen molar-refractivity contribution in [1.29, 1.82) is 0 Å². The Labute approximate surface area is 180 Å². The summed E-state index contributed by atoms with van der Waals surface area (Å²) in [6, 6.07) is 15.1. The highest BCUT2D eigenvalue weighted by Crippen LogP contribution is 2.29. The fourth-order valence-corrected chi connectivity index (χ4v) is 3.33. The molecular formula is C24H23N5O2. The van der Waals surface area contributed by atoms with Gasteiger partial charge in [-0.15, -0.1) is 0 Å². The monoisotopic (exact) mass is 413 g/mol. The molecule has 31 heavy (non-hydrogen) atoms.